The van der Waals surface area contributed by atoms with E-state index >= 15 is 0 Å². The fourth-order valence-electron chi connectivity index (χ4n) is 3.39. The van der Waals surface area contributed by atoms with E-state index in [9.17, 15) is 24.8 Å². The number of esters is 2. The summed E-state index contributed by atoms with van der Waals surface area (Å²) < 4.78 is 16.5. The van der Waals surface area contributed by atoms with Crippen molar-refractivity contribution in [2.24, 2.45) is 0 Å². The van der Waals surface area contributed by atoms with Crippen LogP contribution in [0.4, 0.5) is 5.69 Å². The third-order valence-corrected chi connectivity index (χ3v) is 5.05. The predicted octanol–water partition coefficient (Wildman–Crippen LogP) is 3.07. The summed E-state index contributed by atoms with van der Waals surface area (Å²) in [7, 11) is 2.68. The molecule has 36 heavy (non-hydrogen) atoms. The molecule has 0 aliphatic rings. The minimum Gasteiger partial charge on any atom is -0.497 e. The summed E-state index contributed by atoms with van der Waals surface area (Å²) in [4.78, 5) is 35.9. The molecule has 12 heteroatoms. The Labute approximate surface area is 206 Å². The lowest BCUT2D eigenvalue weighted by Crippen LogP contribution is -2.27. The monoisotopic (exact) mass is 498 g/mol. The van der Waals surface area contributed by atoms with Crippen LogP contribution in [0.2, 0.25) is 0 Å². The number of benzene rings is 2. The quantitative estimate of drug-likeness (QED) is 0.278. The Morgan fingerprint density at radius 1 is 1.11 bits per heavy atom. The Morgan fingerprint density at radius 2 is 1.78 bits per heavy atom. The summed E-state index contributed by atoms with van der Waals surface area (Å²) >= 11 is 0. The molecule has 1 N–H and O–H groups in total. The molecular weight excluding hydrogens is 472 g/mol. The van der Waals surface area contributed by atoms with E-state index in [1.54, 1.807) is 45.0 Å². The van der Waals surface area contributed by atoms with Crippen LogP contribution >= 0.6 is 0 Å². The number of nitro benzene ring substituents is 1. The van der Waals surface area contributed by atoms with Crippen LogP contribution in [0, 0.1) is 10.1 Å². The number of nitro groups is 1. The zero-order valence-electron chi connectivity index (χ0n) is 20.4. The first kappa shape index (κ1) is 26.3. The smallest absolute Gasteiger partial charge is 0.359 e. The fraction of sp³-hybridized carbons (Fsp3) is 0.333. The molecule has 0 fully saturated rings. The number of ether oxygens (including phenoxy) is 3. The van der Waals surface area contributed by atoms with Crippen LogP contribution < -0.4 is 4.74 Å². The first-order valence-electron chi connectivity index (χ1n) is 10.8. The first-order valence-corrected chi connectivity index (χ1v) is 10.8. The Balaban J connectivity index is 2.09. The van der Waals surface area contributed by atoms with Crippen LogP contribution in [0.25, 0.3) is 0 Å². The molecular formula is C24H26N4O8. The SMILES string of the molecule is COC(=O)c1ccc(C(O)c2nnn(Cc3ccc(OC)cc3)c2C(=O)OC(C)(C)C)c([N+](=O)[O-])c1. The van der Waals surface area contributed by atoms with Crippen LogP contribution in [0.5, 0.6) is 5.75 Å². The van der Waals surface area contributed by atoms with Crippen molar-refractivity contribution in [3.63, 3.8) is 0 Å². The van der Waals surface area contributed by atoms with Gasteiger partial charge in [-0.05, 0) is 50.6 Å². The number of aliphatic hydroxyl groups excluding tert-OH is 1. The molecule has 1 atom stereocenters. The summed E-state index contributed by atoms with van der Waals surface area (Å²) in [6.07, 6.45) is -1.72. The number of methoxy groups -OCH3 is 2. The van der Waals surface area contributed by atoms with Gasteiger partial charge in [0.2, 0.25) is 0 Å². The van der Waals surface area contributed by atoms with E-state index < -0.39 is 34.3 Å². The molecule has 3 rings (SSSR count). The molecule has 0 bridgehead atoms. The number of nitrogens with zero attached hydrogens (tertiary/aromatic N) is 4. The topological polar surface area (TPSA) is 156 Å². The van der Waals surface area contributed by atoms with Crippen LogP contribution in [0.1, 0.15) is 64.5 Å². The highest BCUT2D eigenvalue weighted by molar-refractivity contribution is 5.91. The molecule has 12 nitrogen and oxygen atoms in total. The highest BCUT2D eigenvalue weighted by Gasteiger charge is 2.33. The van der Waals surface area contributed by atoms with Gasteiger partial charge in [0.1, 0.15) is 23.1 Å². The van der Waals surface area contributed by atoms with E-state index in [1.807, 2.05) is 0 Å². The van der Waals surface area contributed by atoms with E-state index in [2.05, 4.69) is 15.0 Å². The van der Waals surface area contributed by atoms with Gasteiger partial charge in [0, 0.05) is 6.07 Å². The maximum absolute atomic E-state index is 13.1. The first-order chi connectivity index (χ1) is 16.9. The highest BCUT2D eigenvalue weighted by Crippen LogP contribution is 2.32. The normalized spacial score (nSPS) is 12.1. The van der Waals surface area contributed by atoms with Crippen molar-refractivity contribution in [1.82, 2.24) is 15.0 Å². The second-order valence-electron chi connectivity index (χ2n) is 8.76. The van der Waals surface area contributed by atoms with Gasteiger partial charge in [-0.15, -0.1) is 5.10 Å². The van der Waals surface area contributed by atoms with Crippen LogP contribution in [0.15, 0.2) is 42.5 Å². The molecule has 1 unspecified atom stereocenters. The molecule has 3 aromatic rings. The number of rotatable bonds is 8. The fourth-order valence-corrected chi connectivity index (χ4v) is 3.39. The lowest BCUT2D eigenvalue weighted by atomic mass is 10.0. The van der Waals surface area contributed by atoms with Gasteiger partial charge in [0.05, 0.1) is 36.8 Å². The lowest BCUT2D eigenvalue weighted by molar-refractivity contribution is -0.386. The highest BCUT2D eigenvalue weighted by atomic mass is 16.6. The number of aliphatic hydroxyl groups is 1. The Bertz CT molecular complexity index is 1280. The zero-order chi connectivity index (χ0) is 26.6. The van der Waals surface area contributed by atoms with E-state index in [4.69, 9.17) is 9.47 Å². The molecule has 0 radical (unpaired) electrons. The molecule has 0 amide bonds. The Hall–Kier alpha value is -4.32. The van der Waals surface area contributed by atoms with E-state index in [0.717, 1.165) is 18.7 Å². The minimum absolute atomic E-state index is 0.0734. The van der Waals surface area contributed by atoms with Gasteiger partial charge in [-0.25, -0.2) is 14.3 Å². The van der Waals surface area contributed by atoms with Crippen molar-refractivity contribution in [2.45, 2.75) is 39.0 Å². The van der Waals surface area contributed by atoms with Crippen LogP contribution in [0.3, 0.4) is 0 Å². The molecule has 1 heterocycles. The van der Waals surface area contributed by atoms with Gasteiger partial charge in [-0.3, -0.25) is 10.1 Å². The van der Waals surface area contributed by atoms with Gasteiger partial charge in [-0.2, -0.15) is 0 Å². The van der Waals surface area contributed by atoms with E-state index in [-0.39, 0.29) is 29.1 Å². The number of hydrogen-bond donors (Lipinski definition) is 1. The van der Waals surface area contributed by atoms with Crippen LogP contribution in [-0.2, 0) is 16.0 Å². The second kappa shape index (κ2) is 10.5. The average molecular weight is 498 g/mol. The van der Waals surface area contributed by atoms with Gasteiger partial charge >= 0.3 is 11.9 Å². The van der Waals surface area contributed by atoms with Gasteiger partial charge in [-0.1, -0.05) is 17.3 Å². The summed E-state index contributed by atoms with van der Waals surface area (Å²) in [5.41, 5.74) is -1.33. The molecule has 1 aromatic heterocycles. The molecule has 0 saturated heterocycles. The molecule has 190 valence electrons. The van der Waals surface area contributed by atoms with Gasteiger partial charge in [0.25, 0.3) is 5.69 Å². The molecule has 0 spiro atoms. The zero-order valence-corrected chi connectivity index (χ0v) is 20.4. The maximum Gasteiger partial charge on any atom is 0.359 e. The largest absolute Gasteiger partial charge is 0.497 e. The lowest BCUT2D eigenvalue weighted by Gasteiger charge is -2.20. The molecule has 0 aliphatic carbocycles. The third-order valence-electron chi connectivity index (χ3n) is 5.05. The van der Waals surface area contributed by atoms with Crippen molar-refractivity contribution in [3.05, 3.63) is 80.7 Å². The molecule has 0 saturated carbocycles. The standard InChI is InChI=1S/C24H26N4O8/c1-24(2,3)36-23(31)20-19(25-26-27(20)13-14-6-9-16(34-4)10-7-14)21(29)17-11-8-15(22(30)35-5)12-18(17)28(32)33/h6-12,21,29H,13H2,1-5H3. The summed E-state index contributed by atoms with van der Waals surface area (Å²) in [5.74, 6) is -0.952. The second-order valence-corrected chi connectivity index (χ2v) is 8.76. The van der Waals surface area contributed by atoms with Crippen molar-refractivity contribution in [2.75, 3.05) is 14.2 Å². The maximum atomic E-state index is 13.1. The molecule has 0 aliphatic heterocycles. The minimum atomic E-state index is -1.72. The number of carbonyl (C=O) groups excluding carboxylic acids is 2. The van der Waals surface area contributed by atoms with Crippen LogP contribution in [-0.4, -0.2) is 56.8 Å². The van der Waals surface area contributed by atoms with Crippen molar-refractivity contribution < 1.29 is 33.8 Å². The van der Waals surface area contributed by atoms with Crippen molar-refractivity contribution in [3.8, 4) is 5.75 Å². The Kier molecular flexibility index (Phi) is 7.68. The molecule has 2 aromatic carbocycles. The van der Waals surface area contributed by atoms with E-state index in [1.165, 1.54) is 23.9 Å². The van der Waals surface area contributed by atoms with Crippen molar-refractivity contribution in [1.29, 1.82) is 0 Å². The summed E-state index contributed by atoms with van der Waals surface area (Å²) in [6.45, 7) is 5.13. The van der Waals surface area contributed by atoms with Gasteiger partial charge < -0.3 is 19.3 Å². The number of carbonyl (C=O) groups is 2. The average Bonchev–Trinajstić information content (AvgIpc) is 3.25. The summed E-state index contributed by atoms with van der Waals surface area (Å²) in [5, 5.41) is 30.8. The van der Waals surface area contributed by atoms with Gasteiger partial charge in [0.15, 0.2) is 5.69 Å². The number of aromatic nitrogens is 3. The Morgan fingerprint density at radius 3 is 2.33 bits per heavy atom. The van der Waals surface area contributed by atoms with E-state index in [0.29, 0.717) is 5.75 Å². The summed E-state index contributed by atoms with van der Waals surface area (Å²) in [6, 6.07) is 10.5. The van der Waals surface area contributed by atoms with Crippen molar-refractivity contribution >= 4 is 17.6 Å². The number of hydrogen-bond acceptors (Lipinski definition) is 10. The predicted molar refractivity (Wildman–Crippen MR) is 126 cm³/mol. The third kappa shape index (κ3) is 5.84.